The highest BCUT2D eigenvalue weighted by molar-refractivity contribution is 5.94. The molecule has 0 radical (unpaired) electrons. The molecule has 0 aromatic heterocycles. The maximum absolute atomic E-state index is 12.7. The summed E-state index contributed by atoms with van der Waals surface area (Å²) < 4.78 is 0. The summed E-state index contributed by atoms with van der Waals surface area (Å²) in [4.78, 5) is 17.3. The Morgan fingerprint density at radius 3 is 2.16 bits per heavy atom. The lowest BCUT2D eigenvalue weighted by atomic mass is 9.79. The number of piperazine rings is 1. The highest BCUT2D eigenvalue weighted by Gasteiger charge is 2.30. The molecular weight excluding hydrogens is 310 g/mol. The normalized spacial score (nSPS) is 25.4. The zero-order chi connectivity index (χ0) is 17.8. The highest BCUT2D eigenvalue weighted by atomic mass is 16.2. The van der Waals surface area contributed by atoms with Gasteiger partial charge in [0.15, 0.2) is 0 Å². The van der Waals surface area contributed by atoms with E-state index in [2.05, 4.69) is 18.7 Å². The van der Waals surface area contributed by atoms with Crippen LogP contribution in [0.1, 0.15) is 55.5 Å². The second-order valence-corrected chi connectivity index (χ2v) is 8.04. The molecule has 4 nitrogen and oxygen atoms in total. The lowest BCUT2D eigenvalue weighted by Gasteiger charge is -2.42. The van der Waals surface area contributed by atoms with Crippen LogP contribution in [0, 0.1) is 11.8 Å². The first kappa shape index (κ1) is 18.4. The van der Waals surface area contributed by atoms with Crippen molar-refractivity contribution in [1.82, 2.24) is 9.80 Å². The molecule has 1 aliphatic carbocycles. The molecule has 1 aromatic carbocycles. The van der Waals surface area contributed by atoms with E-state index in [1.807, 2.05) is 29.2 Å². The third-order valence-corrected chi connectivity index (χ3v) is 6.24. The quantitative estimate of drug-likeness (QED) is 0.914. The Morgan fingerprint density at radius 1 is 1.04 bits per heavy atom. The van der Waals surface area contributed by atoms with Gasteiger partial charge in [0.25, 0.3) is 5.91 Å². The number of rotatable bonds is 4. The van der Waals surface area contributed by atoms with Crippen LogP contribution in [0.2, 0.25) is 0 Å². The van der Waals surface area contributed by atoms with E-state index < -0.39 is 0 Å². The molecule has 2 N–H and O–H groups in total. The molecular formula is C21H33N3O. The van der Waals surface area contributed by atoms with Gasteiger partial charge in [0.1, 0.15) is 0 Å². The van der Waals surface area contributed by atoms with Gasteiger partial charge in [-0.2, -0.15) is 0 Å². The van der Waals surface area contributed by atoms with Gasteiger partial charge >= 0.3 is 0 Å². The van der Waals surface area contributed by atoms with Gasteiger partial charge in [0.05, 0.1) is 0 Å². The van der Waals surface area contributed by atoms with E-state index in [4.69, 9.17) is 5.73 Å². The molecule has 25 heavy (non-hydrogen) atoms. The molecule has 1 aromatic rings. The monoisotopic (exact) mass is 343 g/mol. The van der Waals surface area contributed by atoms with Gasteiger partial charge < -0.3 is 10.6 Å². The summed E-state index contributed by atoms with van der Waals surface area (Å²) in [5, 5.41) is 0. The Hall–Kier alpha value is -1.39. The number of carbonyl (C=O) groups excluding carboxylic acids is 1. The molecule has 4 heteroatoms. The number of nitrogens with two attached hydrogens (primary N) is 1. The second kappa shape index (κ2) is 8.33. The molecule has 0 atom stereocenters. The molecule has 2 fully saturated rings. The molecule has 0 unspecified atom stereocenters. The summed E-state index contributed by atoms with van der Waals surface area (Å²) in [5.41, 5.74) is 7.48. The highest BCUT2D eigenvalue weighted by Crippen LogP contribution is 2.32. The van der Waals surface area contributed by atoms with Crippen LogP contribution in [-0.2, 0) is 6.54 Å². The van der Waals surface area contributed by atoms with E-state index in [0.29, 0.717) is 6.54 Å². The van der Waals surface area contributed by atoms with Crippen molar-refractivity contribution in [2.24, 2.45) is 17.6 Å². The van der Waals surface area contributed by atoms with Gasteiger partial charge in [-0.25, -0.2) is 0 Å². The van der Waals surface area contributed by atoms with Crippen LogP contribution in [0.4, 0.5) is 0 Å². The molecule has 1 heterocycles. The van der Waals surface area contributed by atoms with Crippen molar-refractivity contribution in [3.63, 3.8) is 0 Å². The van der Waals surface area contributed by atoms with Crippen LogP contribution in [0.3, 0.4) is 0 Å². The minimum absolute atomic E-state index is 0.159. The Labute approximate surface area is 152 Å². The van der Waals surface area contributed by atoms with Crippen LogP contribution in [-0.4, -0.2) is 47.9 Å². The molecule has 0 spiro atoms. The van der Waals surface area contributed by atoms with Crippen molar-refractivity contribution >= 4 is 5.91 Å². The number of carbonyl (C=O) groups is 1. The third kappa shape index (κ3) is 4.42. The van der Waals surface area contributed by atoms with Gasteiger partial charge in [-0.05, 0) is 55.2 Å². The Bertz CT molecular complexity index is 553. The maximum atomic E-state index is 12.7. The van der Waals surface area contributed by atoms with Crippen LogP contribution in [0.5, 0.6) is 0 Å². The average Bonchev–Trinajstić information content (AvgIpc) is 2.67. The second-order valence-electron chi connectivity index (χ2n) is 8.04. The van der Waals surface area contributed by atoms with E-state index in [1.165, 1.54) is 25.7 Å². The van der Waals surface area contributed by atoms with Crippen LogP contribution in [0.25, 0.3) is 0 Å². The first-order chi connectivity index (χ1) is 12.1. The van der Waals surface area contributed by atoms with E-state index >= 15 is 0 Å². The largest absolute Gasteiger partial charge is 0.336 e. The standard InChI is InChI=1S/C21H33N3O/c1-16(2)18-7-9-20(10-8-18)23-11-13-24(14-12-23)21(25)19-5-3-17(15-22)4-6-19/h3-6,16,18,20H,7-15,22H2,1-2H3. The molecule has 1 saturated carbocycles. The predicted octanol–water partition coefficient (Wildman–Crippen LogP) is 3.12. The number of amides is 1. The van der Waals surface area contributed by atoms with Gasteiger partial charge in [-0.3, -0.25) is 9.69 Å². The summed E-state index contributed by atoms with van der Waals surface area (Å²) in [6.45, 7) is 8.97. The van der Waals surface area contributed by atoms with E-state index in [-0.39, 0.29) is 5.91 Å². The summed E-state index contributed by atoms with van der Waals surface area (Å²) in [6.07, 6.45) is 5.40. The van der Waals surface area contributed by atoms with E-state index in [1.54, 1.807) is 0 Å². The fraction of sp³-hybridized carbons (Fsp3) is 0.667. The molecule has 138 valence electrons. The molecule has 2 aliphatic rings. The van der Waals surface area contributed by atoms with Crippen molar-refractivity contribution in [1.29, 1.82) is 0 Å². The third-order valence-electron chi connectivity index (χ3n) is 6.24. The van der Waals surface area contributed by atoms with Crippen molar-refractivity contribution < 1.29 is 4.79 Å². The van der Waals surface area contributed by atoms with Crippen molar-refractivity contribution in [2.45, 2.75) is 52.1 Å². The molecule has 3 rings (SSSR count). The zero-order valence-corrected chi connectivity index (χ0v) is 15.8. The molecule has 1 amide bonds. The number of nitrogens with zero attached hydrogens (tertiary/aromatic N) is 2. The zero-order valence-electron chi connectivity index (χ0n) is 15.8. The first-order valence-corrected chi connectivity index (χ1v) is 9.91. The predicted molar refractivity (Wildman–Crippen MR) is 102 cm³/mol. The van der Waals surface area contributed by atoms with Crippen LogP contribution >= 0.6 is 0 Å². The lowest BCUT2D eigenvalue weighted by Crippen LogP contribution is -2.52. The molecule has 0 bridgehead atoms. The fourth-order valence-corrected chi connectivity index (χ4v) is 4.39. The summed E-state index contributed by atoms with van der Waals surface area (Å²) in [7, 11) is 0. The van der Waals surface area contributed by atoms with Crippen LogP contribution < -0.4 is 5.73 Å². The minimum Gasteiger partial charge on any atom is -0.336 e. The fourth-order valence-electron chi connectivity index (χ4n) is 4.39. The number of benzene rings is 1. The maximum Gasteiger partial charge on any atom is 0.253 e. The summed E-state index contributed by atoms with van der Waals surface area (Å²) in [6, 6.07) is 8.46. The SMILES string of the molecule is CC(C)C1CCC(N2CCN(C(=O)c3ccc(CN)cc3)CC2)CC1. The van der Waals surface area contributed by atoms with Crippen molar-refractivity contribution in [3.05, 3.63) is 35.4 Å². The Kier molecular flexibility index (Phi) is 6.13. The summed E-state index contributed by atoms with van der Waals surface area (Å²) >= 11 is 0. The number of hydrogen-bond donors (Lipinski definition) is 1. The van der Waals surface area contributed by atoms with Gasteiger partial charge in [-0.15, -0.1) is 0 Å². The van der Waals surface area contributed by atoms with Gasteiger partial charge in [0.2, 0.25) is 0 Å². The lowest BCUT2D eigenvalue weighted by molar-refractivity contribution is 0.0478. The van der Waals surface area contributed by atoms with E-state index in [9.17, 15) is 4.79 Å². The van der Waals surface area contributed by atoms with Crippen LogP contribution in [0.15, 0.2) is 24.3 Å². The Balaban J connectivity index is 1.49. The molecule has 1 saturated heterocycles. The smallest absolute Gasteiger partial charge is 0.253 e. The average molecular weight is 344 g/mol. The first-order valence-electron chi connectivity index (χ1n) is 9.91. The van der Waals surface area contributed by atoms with E-state index in [0.717, 1.165) is 55.2 Å². The topological polar surface area (TPSA) is 49.6 Å². The Morgan fingerprint density at radius 2 is 1.64 bits per heavy atom. The van der Waals surface area contributed by atoms with Crippen molar-refractivity contribution in [3.8, 4) is 0 Å². The summed E-state index contributed by atoms with van der Waals surface area (Å²) in [5.74, 6) is 1.89. The minimum atomic E-state index is 0.159. The van der Waals surface area contributed by atoms with Gasteiger partial charge in [-0.1, -0.05) is 26.0 Å². The molecule has 1 aliphatic heterocycles. The van der Waals surface area contributed by atoms with Gasteiger partial charge in [0, 0.05) is 44.3 Å². The number of hydrogen-bond acceptors (Lipinski definition) is 3. The van der Waals surface area contributed by atoms with Crippen molar-refractivity contribution in [2.75, 3.05) is 26.2 Å².